The molecular weight excluding hydrogens is 205 g/mol. The van der Waals surface area contributed by atoms with Crippen LogP contribution in [0.5, 0.6) is 0 Å². The highest BCUT2D eigenvalue weighted by molar-refractivity contribution is 5.33. The molecule has 0 spiro atoms. The Hall–Kier alpha value is -2.15. The monoisotopic (exact) mass is 215 g/mol. The first-order valence-electron chi connectivity index (χ1n) is 4.85. The average Bonchev–Trinajstić information content (AvgIpc) is 2.69. The Labute approximate surface area is 92.8 Å². The standard InChI is InChI=1S/C12H10FN3/c1-16-7-6-15-12(16)10(8-14)9-4-2-3-5-11(9)13/h2-7,10H,1H3. The molecule has 1 atom stereocenters. The number of aromatic nitrogens is 2. The lowest BCUT2D eigenvalue weighted by Gasteiger charge is -2.10. The van der Waals surface area contributed by atoms with Crippen molar-refractivity contribution < 1.29 is 4.39 Å². The second-order valence-electron chi connectivity index (χ2n) is 3.48. The molecule has 0 fully saturated rings. The molecule has 0 radical (unpaired) electrons. The van der Waals surface area contributed by atoms with Crippen molar-refractivity contribution in [3.63, 3.8) is 0 Å². The number of halogens is 1. The maximum absolute atomic E-state index is 13.6. The van der Waals surface area contributed by atoms with Gasteiger partial charge in [-0.1, -0.05) is 18.2 Å². The molecule has 0 N–H and O–H groups in total. The van der Waals surface area contributed by atoms with Crippen LogP contribution in [0, 0.1) is 17.1 Å². The number of imidazole rings is 1. The van der Waals surface area contributed by atoms with Crippen molar-refractivity contribution >= 4 is 0 Å². The van der Waals surface area contributed by atoms with Crippen LogP contribution in [0.2, 0.25) is 0 Å². The topological polar surface area (TPSA) is 41.6 Å². The summed E-state index contributed by atoms with van der Waals surface area (Å²) in [6.07, 6.45) is 3.33. The summed E-state index contributed by atoms with van der Waals surface area (Å²) in [4.78, 5) is 4.08. The largest absolute Gasteiger partial charge is 0.337 e. The van der Waals surface area contributed by atoms with Gasteiger partial charge in [0.15, 0.2) is 0 Å². The van der Waals surface area contributed by atoms with Gasteiger partial charge < -0.3 is 4.57 Å². The highest BCUT2D eigenvalue weighted by atomic mass is 19.1. The Morgan fingerprint density at radius 2 is 2.19 bits per heavy atom. The number of aryl methyl sites for hydroxylation is 1. The highest BCUT2D eigenvalue weighted by Crippen LogP contribution is 2.24. The number of hydrogen-bond acceptors (Lipinski definition) is 2. The molecule has 0 aliphatic carbocycles. The minimum Gasteiger partial charge on any atom is -0.337 e. The Balaban J connectivity index is 2.50. The van der Waals surface area contributed by atoms with Crippen molar-refractivity contribution in [2.24, 2.45) is 7.05 Å². The van der Waals surface area contributed by atoms with Gasteiger partial charge >= 0.3 is 0 Å². The molecule has 1 unspecified atom stereocenters. The zero-order chi connectivity index (χ0) is 11.5. The van der Waals surface area contributed by atoms with E-state index < -0.39 is 5.92 Å². The second-order valence-corrected chi connectivity index (χ2v) is 3.48. The van der Waals surface area contributed by atoms with Crippen LogP contribution < -0.4 is 0 Å². The molecule has 4 heteroatoms. The third-order valence-electron chi connectivity index (χ3n) is 2.46. The molecule has 2 rings (SSSR count). The molecule has 0 saturated heterocycles. The molecule has 2 aromatic rings. The summed E-state index contributed by atoms with van der Waals surface area (Å²) >= 11 is 0. The van der Waals surface area contributed by atoms with Gasteiger partial charge in [-0.3, -0.25) is 0 Å². The van der Waals surface area contributed by atoms with E-state index in [4.69, 9.17) is 5.26 Å². The first kappa shape index (κ1) is 10.4. The van der Waals surface area contributed by atoms with Crippen LogP contribution in [0.1, 0.15) is 17.3 Å². The number of nitriles is 1. The molecular formula is C12H10FN3. The predicted molar refractivity (Wildman–Crippen MR) is 57.1 cm³/mol. The molecule has 0 bridgehead atoms. The van der Waals surface area contributed by atoms with Crippen molar-refractivity contribution in [3.05, 3.63) is 53.9 Å². The average molecular weight is 215 g/mol. The lowest BCUT2D eigenvalue weighted by atomic mass is 9.99. The van der Waals surface area contributed by atoms with Crippen LogP contribution in [0.4, 0.5) is 4.39 Å². The van der Waals surface area contributed by atoms with Gasteiger partial charge in [0.2, 0.25) is 0 Å². The van der Waals surface area contributed by atoms with Gasteiger partial charge in [0.05, 0.1) is 6.07 Å². The van der Waals surface area contributed by atoms with Gasteiger partial charge in [0.1, 0.15) is 17.6 Å². The number of benzene rings is 1. The zero-order valence-electron chi connectivity index (χ0n) is 8.76. The van der Waals surface area contributed by atoms with Gasteiger partial charge in [-0.15, -0.1) is 0 Å². The van der Waals surface area contributed by atoms with Crippen molar-refractivity contribution in [2.45, 2.75) is 5.92 Å². The molecule has 1 aromatic carbocycles. The molecule has 1 aromatic heterocycles. The molecule has 0 aliphatic heterocycles. The predicted octanol–water partition coefficient (Wildman–Crippen LogP) is 2.21. The molecule has 3 nitrogen and oxygen atoms in total. The highest BCUT2D eigenvalue weighted by Gasteiger charge is 2.20. The lowest BCUT2D eigenvalue weighted by molar-refractivity contribution is 0.603. The van der Waals surface area contributed by atoms with Gasteiger partial charge in [0, 0.05) is 25.0 Å². The summed E-state index contributed by atoms with van der Waals surface area (Å²) in [6.45, 7) is 0. The van der Waals surface area contributed by atoms with Gasteiger partial charge in [-0.05, 0) is 6.07 Å². The fourth-order valence-corrected chi connectivity index (χ4v) is 1.63. The fourth-order valence-electron chi connectivity index (χ4n) is 1.63. The Morgan fingerprint density at radius 1 is 1.44 bits per heavy atom. The van der Waals surface area contributed by atoms with Crippen LogP contribution in [-0.4, -0.2) is 9.55 Å². The van der Waals surface area contributed by atoms with Crippen LogP contribution in [0.3, 0.4) is 0 Å². The number of rotatable bonds is 2. The minimum absolute atomic E-state index is 0.360. The first-order valence-corrected chi connectivity index (χ1v) is 4.85. The van der Waals surface area contributed by atoms with E-state index in [0.717, 1.165) is 0 Å². The normalized spacial score (nSPS) is 12.1. The Morgan fingerprint density at radius 3 is 2.75 bits per heavy atom. The lowest BCUT2D eigenvalue weighted by Crippen LogP contribution is -2.07. The van der Waals surface area contributed by atoms with E-state index in [9.17, 15) is 4.39 Å². The number of hydrogen-bond donors (Lipinski definition) is 0. The van der Waals surface area contributed by atoms with E-state index in [-0.39, 0.29) is 5.82 Å². The van der Waals surface area contributed by atoms with E-state index in [1.54, 1.807) is 42.2 Å². The second kappa shape index (κ2) is 4.15. The summed E-state index contributed by atoms with van der Waals surface area (Å²) in [5, 5.41) is 9.13. The van der Waals surface area contributed by atoms with Crippen LogP contribution in [0.15, 0.2) is 36.7 Å². The summed E-state index contributed by atoms with van der Waals surface area (Å²) in [5.41, 5.74) is 0.360. The smallest absolute Gasteiger partial charge is 0.132 e. The molecule has 0 aliphatic rings. The Kier molecular flexibility index (Phi) is 2.69. The van der Waals surface area contributed by atoms with Gasteiger partial charge in [0.25, 0.3) is 0 Å². The van der Waals surface area contributed by atoms with Crippen LogP contribution >= 0.6 is 0 Å². The van der Waals surface area contributed by atoms with Crippen molar-refractivity contribution in [1.29, 1.82) is 5.26 Å². The molecule has 0 saturated carbocycles. The number of nitrogens with zero attached hydrogens (tertiary/aromatic N) is 3. The van der Waals surface area contributed by atoms with E-state index in [1.165, 1.54) is 6.07 Å². The van der Waals surface area contributed by atoms with Crippen molar-refractivity contribution in [3.8, 4) is 6.07 Å². The van der Waals surface area contributed by atoms with E-state index in [2.05, 4.69) is 11.1 Å². The first-order chi connectivity index (χ1) is 7.74. The maximum Gasteiger partial charge on any atom is 0.132 e. The molecule has 1 heterocycles. The Bertz CT molecular complexity index is 539. The SMILES string of the molecule is Cn1ccnc1C(C#N)c1ccccc1F. The van der Waals surface area contributed by atoms with Crippen molar-refractivity contribution in [2.75, 3.05) is 0 Å². The third kappa shape index (κ3) is 1.68. The molecule has 0 amide bonds. The van der Waals surface area contributed by atoms with E-state index in [0.29, 0.717) is 11.4 Å². The minimum atomic E-state index is -0.666. The maximum atomic E-state index is 13.6. The summed E-state index contributed by atoms with van der Waals surface area (Å²) in [5.74, 6) is -0.495. The third-order valence-corrected chi connectivity index (χ3v) is 2.46. The van der Waals surface area contributed by atoms with E-state index >= 15 is 0 Å². The van der Waals surface area contributed by atoms with Gasteiger partial charge in [-0.25, -0.2) is 9.37 Å². The molecule has 80 valence electrons. The van der Waals surface area contributed by atoms with E-state index in [1.807, 2.05) is 0 Å². The summed E-state index contributed by atoms with van der Waals surface area (Å²) < 4.78 is 15.3. The quantitative estimate of drug-likeness (QED) is 0.770. The summed E-state index contributed by atoms with van der Waals surface area (Å²) in [6, 6.07) is 8.35. The fraction of sp³-hybridized carbons (Fsp3) is 0.167. The van der Waals surface area contributed by atoms with Gasteiger partial charge in [-0.2, -0.15) is 5.26 Å². The zero-order valence-corrected chi connectivity index (χ0v) is 8.76. The summed E-state index contributed by atoms with van der Waals surface area (Å²) in [7, 11) is 1.79. The van der Waals surface area contributed by atoms with Crippen LogP contribution in [-0.2, 0) is 7.05 Å². The molecule has 16 heavy (non-hydrogen) atoms. The van der Waals surface area contributed by atoms with Crippen molar-refractivity contribution in [1.82, 2.24) is 9.55 Å². The van der Waals surface area contributed by atoms with Crippen LogP contribution in [0.25, 0.3) is 0 Å².